The Hall–Kier alpha value is -5.86. The molecule has 0 aliphatic heterocycles. The number of hydrogen-bond acceptors (Lipinski definition) is 0. The lowest BCUT2D eigenvalue weighted by molar-refractivity contribution is 1.17. The molecular formula is C43H30N2. The minimum atomic E-state index is -1.06. The first-order chi connectivity index (χ1) is 33.5. The monoisotopic (exact) mass is 601 g/mol. The van der Waals surface area contributed by atoms with E-state index in [1.165, 1.54) is 6.92 Å². The van der Waals surface area contributed by atoms with Crippen molar-refractivity contribution in [3.8, 4) is 33.6 Å². The van der Waals surface area contributed by atoms with Crippen molar-refractivity contribution < 1.29 is 37.0 Å². The second-order valence-electron chi connectivity index (χ2n) is 9.76. The average Bonchev–Trinajstić information content (AvgIpc) is 3.88. The molecule has 0 fully saturated rings. The van der Waals surface area contributed by atoms with E-state index in [4.69, 9.17) is 24.7 Å². The van der Waals surface area contributed by atoms with Gasteiger partial charge in [-0.15, -0.1) is 0 Å². The summed E-state index contributed by atoms with van der Waals surface area (Å²) in [5, 5.41) is -1.97. The minimum absolute atomic E-state index is 0.102. The van der Waals surface area contributed by atoms with Gasteiger partial charge in [0.05, 0.1) is 59.1 Å². The van der Waals surface area contributed by atoms with Crippen molar-refractivity contribution in [2.24, 2.45) is 0 Å². The van der Waals surface area contributed by atoms with Gasteiger partial charge in [0.2, 0.25) is 0 Å². The number of aromatic nitrogens is 2. The van der Waals surface area contributed by atoms with Crippen LogP contribution >= 0.6 is 0 Å². The summed E-state index contributed by atoms with van der Waals surface area (Å²) in [5.41, 5.74) is -6.83. The molecule has 0 N–H and O–H groups in total. The normalized spacial score (nSPS) is 20.1. The highest BCUT2D eigenvalue weighted by Crippen LogP contribution is 2.42. The van der Waals surface area contributed by atoms with Gasteiger partial charge in [-0.3, -0.25) is 0 Å². The number of fused-ring (bicyclic) bond motifs is 7. The van der Waals surface area contributed by atoms with Crippen LogP contribution in [-0.2, 0) is 0 Å². The van der Waals surface area contributed by atoms with Crippen LogP contribution in [0.4, 0.5) is 0 Å². The number of rotatable bonds is 4. The Morgan fingerprint density at radius 1 is 0.378 bits per heavy atom. The van der Waals surface area contributed by atoms with Crippen molar-refractivity contribution in [3.63, 3.8) is 0 Å². The van der Waals surface area contributed by atoms with Gasteiger partial charge in [0.25, 0.3) is 0 Å². The third kappa shape index (κ3) is 4.03. The standard InChI is InChI=1S/C43H30N2/c1-29-10-9-11-33(28-29)32-20-18-30(19-21-32)31-22-24-35(25-23-31)45-39-17-8-6-15-37(39)43-41(45)27-26-40-42(43)36-14-5-7-16-38(36)44(40)34-12-3-2-4-13-34/h2-28H,1H3/i2D,3D,4D,5D,6D,7D,8D,9D,10D,11D,12D,13D,14D,15D,16D,17D,18D,19D,20D,21D,22D,23D,24D,25D,26D,27D,28D. The summed E-state index contributed by atoms with van der Waals surface area (Å²) in [6.45, 7) is 1.30. The molecule has 0 aliphatic carbocycles. The minimum Gasteiger partial charge on any atom is -0.309 e. The highest BCUT2D eigenvalue weighted by molar-refractivity contribution is 6.28. The van der Waals surface area contributed by atoms with Crippen LogP contribution in [-0.4, -0.2) is 9.13 Å². The van der Waals surface area contributed by atoms with Crippen LogP contribution in [0.1, 0.15) is 42.6 Å². The molecule has 2 aromatic heterocycles. The summed E-state index contributed by atoms with van der Waals surface area (Å²) in [5.74, 6) is 0. The third-order valence-corrected chi connectivity index (χ3v) is 7.17. The first-order valence-corrected chi connectivity index (χ1v) is 13.3. The van der Waals surface area contributed by atoms with Gasteiger partial charge in [0, 0.05) is 32.9 Å². The van der Waals surface area contributed by atoms with Gasteiger partial charge < -0.3 is 9.13 Å². The Morgan fingerprint density at radius 2 is 0.844 bits per heavy atom. The van der Waals surface area contributed by atoms with Crippen molar-refractivity contribution in [1.82, 2.24) is 9.13 Å². The number of para-hydroxylation sites is 3. The van der Waals surface area contributed by atoms with Crippen LogP contribution in [0.3, 0.4) is 0 Å². The molecule has 2 heterocycles. The molecule has 2 heteroatoms. The first-order valence-electron chi connectivity index (χ1n) is 26.8. The summed E-state index contributed by atoms with van der Waals surface area (Å²) in [7, 11) is 0. The van der Waals surface area contributed by atoms with Gasteiger partial charge in [0.15, 0.2) is 0 Å². The fourth-order valence-corrected chi connectivity index (χ4v) is 5.31. The van der Waals surface area contributed by atoms with Crippen molar-refractivity contribution in [2.45, 2.75) is 6.92 Å². The topological polar surface area (TPSA) is 9.86 Å². The fraction of sp³-hybridized carbons (Fsp3) is 0.0233. The molecule has 0 amide bonds. The lowest BCUT2D eigenvalue weighted by Crippen LogP contribution is -1.94. The SMILES string of the molecule is [2H]c1c([2H])c([2H])c(-n2c3c([2H])c([2H])c([2H])c([2H])c3c3c4c5c([2H])c([2H])c([2H])c([2H])c5n(-c5c([2H])c([2H])c(-c6c([2H])c([2H])c(-c7c([2H])c([2H])c([2H])c(C)c7[2H])c([2H])c6[2H])c([2H])c5[2H])c4c([2H])c([2H])c32)c([2H])c1[2H]. The van der Waals surface area contributed by atoms with Crippen molar-refractivity contribution >= 4 is 43.6 Å². The van der Waals surface area contributed by atoms with E-state index < -0.39 is 240 Å². The number of nitrogens with zero attached hydrogens (tertiary/aromatic N) is 2. The van der Waals surface area contributed by atoms with E-state index in [0.717, 1.165) is 9.13 Å². The molecule has 9 aromatic rings. The molecular weight excluding hydrogens is 544 g/mol. The van der Waals surface area contributed by atoms with Gasteiger partial charge in [-0.05, 0) is 77.5 Å². The molecule has 0 bridgehead atoms. The summed E-state index contributed by atoms with van der Waals surface area (Å²) in [4.78, 5) is 0. The second kappa shape index (κ2) is 10.1. The Balaban J connectivity index is 1.50. The average molecular weight is 602 g/mol. The lowest BCUT2D eigenvalue weighted by Gasteiger charge is -2.11. The van der Waals surface area contributed by atoms with Crippen molar-refractivity contribution in [2.75, 3.05) is 0 Å². The predicted molar refractivity (Wildman–Crippen MR) is 191 cm³/mol. The highest BCUT2D eigenvalue weighted by Gasteiger charge is 2.20. The lowest BCUT2D eigenvalue weighted by atomic mass is 9.99. The zero-order valence-electron chi connectivity index (χ0n) is 49.9. The van der Waals surface area contributed by atoms with Crippen LogP contribution in [0.25, 0.3) is 77.2 Å². The molecule has 0 saturated carbocycles. The molecule has 9 rings (SSSR count). The zero-order valence-corrected chi connectivity index (χ0v) is 22.9. The smallest absolute Gasteiger partial charge is 0.0646 e. The van der Waals surface area contributed by atoms with E-state index >= 15 is 0 Å². The quantitative estimate of drug-likeness (QED) is 0.190. The molecule has 0 radical (unpaired) electrons. The van der Waals surface area contributed by atoms with E-state index in [1.807, 2.05) is 0 Å². The molecule has 0 aliphatic rings. The van der Waals surface area contributed by atoms with E-state index in [2.05, 4.69) is 0 Å². The second-order valence-corrected chi connectivity index (χ2v) is 9.76. The molecule has 0 atom stereocenters. The predicted octanol–water partition coefficient (Wildman–Crippen LogP) is 11.5. The Morgan fingerprint density at radius 3 is 1.42 bits per heavy atom. The molecule has 212 valence electrons. The maximum Gasteiger partial charge on any atom is 0.0646 e. The molecule has 0 spiro atoms. The summed E-state index contributed by atoms with van der Waals surface area (Å²) in [6.07, 6.45) is 0. The largest absolute Gasteiger partial charge is 0.309 e. The van der Waals surface area contributed by atoms with Gasteiger partial charge in [-0.25, -0.2) is 0 Å². The molecule has 45 heavy (non-hydrogen) atoms. The van der Waals surface area contributed by atoms with Crippen LogP contribution in [0.5, 0.6) is 0 Å². The molecule has 7 aromatic carbocycles. The van der Waals surface area contributed by atoms with Gasteiger partial charge in [-0.1, -0.05) is 120 Å². The molecule has 0 unspecified atom stereocenters. The highest BCUT2D eigenvalue weighted by atomic mass is 15.0. The van der Waals surface area contributed by atoms with E-state index in [0.29, 0.717) is 0 Å². The Kier molecular flexibility index (Phi) is 2.33. The van der Waals surface area contributed by atoms with Crippen LogP contribution in [0, 0.1) is 6.92 Å². The molecule has 0 saturated heterocycles. The number of hydrogen-bond donors (Lipinski definition) is 0. The van der Waals surface area contributed by atoms with E-state index in [9.17, 15) is 12.3 Å². The zero-order chi connectivity index (χ0) is 53.4. The van der Waals surface area contributed by atoms with E-state index in [-0.39, 0.29) is 5.56 Å². The molecule has 2 nitrogen and oxygen atoms in total. The Bertz CT molecular complexity index is 3960. The van der Waals surface area contributed by atoms with Crippen molar-refractivity contribution in [3.05, 3.63) is 169 Å². The van der Waals surface area contributed by atoms with Crippen LogP contribution in [0.15, 0.2) is 163 Å². The first kappa shape index (κ1) is 10.4. The third-order valence-electron chi connectivity index (χ3n) is 7.17. The maximum absolute atomic E-state index is 9.62. The van der Waals surface area contributed by atoms with E-state index in [1.54, 1.807) is 0 Å². The van der Waals surface area contributed by atoms with Crippen LogP contribution in [0.2, 0.25) is 0 Å². The number of benzene rings is 7. The Labute approximate surface area is 300 Å². The maximum atomic E-state index is 9.62. The summed E-state index contributed by atoms with van der Waals surface area (Å²) < 4.78 is 242. The van der Waals surface area contributed by atoms with Gasteiger partial charge in [0.1, 0.15) is 0 Å². The van der Waals surface area contributed by atoms with Gasteiger partial charge >= 0.3 is 0 Å². The summed E-state index contributed by atoms with van der Waals surface area (Å²) >= 11 is 0. The van der Waals surface area contributed by atoms with Gasteiger partial charge in [-0.2, -0.15) is 0 Å². The fourth-order valence-electron chi connectivity index (χ4n) is 5.31. The summed E-state index contributed by atoms with van der Waals surface area (Å²) in [6, 6.07) is -23.6. The van der Waals surface area contributed by atoms with Crippen molar-refractivity contribution in [1.29, 1.82) is 0 Å². The van der Waals surface area contributed by atoms with Crippen LogP contribution < -0.4 is 0 Å².